The molecule has 0 bridgehead atoms. The molecule has 0 aliphatic carbocycles. The summed E-state index contributed by atoms with van der Waals surface area (Å²) in [6.07, 6.45) is 1.66. The molecule has 4 aromatic rings. The largest absolute Gasteiger partial charge is 0.493 e. The maximum Gasteiger partial charge on any atom is 0.338 e. The van der Waals surface area contributed by atoms with Gasteiger partial charge in [-0.2, -0.15) is 0 Å². The minimum Gasteiger partial charge on any atom is -0.493 e. The summed E-state index contributed by atoms with van der Waals surface area (Å²) in [6.45, 7) is 7.93. The predicted octanol–water partition coefficient (Wildman–Crippen LogP) is 6.32. The fraction of sp³-hybridized carbons (Fsp3) is 0.286. The van der Waals surface area contributed by atoms with E-state index in [1.165, 1.54) is 15.9 Å². The molecule has 1 atom stereocenters. The number of esters is 1. The highest BCUT2D eigenvalue weighted by molar-refractivity contribution is 9.10. The van der Waals surface area contributed by atoms with Gasteiger partial charge in [-0.15, -0.1) is 0 Å². The van der Waals surface area contributed by atoms with Crippen molar-refractivity contribution in [2.75, 3.05) is 20.5 Å². The van der Waals surface area contributed by atoms with Gasteiger partial charge in [-0.1, -0.05) is 35.1 Å². The molecule has 0 amide bonds. The molecule has 0 spiro atoms. The average Bonchev–Trinajstić information content (AvgIpc) is 3.63. The SMILES string of the molecule is CCOC(=O)C1=C(C)N=c2s/c(=C\c3cc(Cl)c(OCc4ccc5c(c4)OCO5)c(Br)c3)c(=O)n2[C@H]1c1ccc(OC(C)C)c(OC)c1. The summed E-state index contributed by atoms with van der Waals surface area (Å²) >= 11 is 11.5. The van der Waals surface area contributed by atoms with Gasteiger partial charge in [0.2, 0.25) is 6.79 Å². The molecule has 0 saturated carbocycles. The maximum absolute atomic E-state index is 14.1. The third kappa shape index (κ3) is 6.69. The van der Waals surface area contributed by atoms with E-state index in [4.69, 9.17) is 40.0 Å². The molecule has 0 fully saturated rings. The number of hydrogen-bond donors (Lipinski definition) is 0. The molecule has 0 N–H and O–H groups in total. The van der Waals surface area contributed by atoms with Gasteiger partial charge in [0.15, 0.2) is 33.5 Å². The van der Waals surface area contributed by atoms with Crippen LogP contribution in [0.5, 0.6) is 28.7 Å². The van der Waals surface area contributed by atoms with Gasteiger partial charge in [-0.05, 0) is 103 Å². The van der Waals surface area contributed by atoms with Crippen LogP contribution < -0.4 is 38.6 Å². The lowest BCUT2D eigenvalue weighted by Gasteiger charge is -2.25. The second-order valence-electron chi connectivity index (χ2n) is 11.2. The van der Waals surface area contributed by atoms with Gasteiger partial charge in [0, 0.05) is 0 Å². The Bertz CT molecular complexity index is 2100. The van der Waals surface area contributed by atoms with Crippen molar-refractivity contribution in [3.8, 4) is 28.7 Å². The Morgan fingerprint density at radius 1 is 1.15 bits per heavy atom. The Labute approximate surface area is 293 Å². The summed E-state index contributed by atoms with van der Waals surface area (Å²) in [5, 5.41) is 0.360. The number of thiazole rings is 1. The van der Waals surface area contributed by atoms with Gasteiger partial charge in [-0.3, -0.25) is 9.36 Å². The highest BCUT2D eigenvalue weighted by Gasteiger charge is 2.34. The van der Waals surface area contributed by atoms with E-state index in [0.717, 1.165) is 5.56 Å². The van der Waals surface area contributed by atoms with E-state index in [9.17, 15) is 9.59 Å². The monoisotopic (exact) mass is 754 g/mol. The van der Waals surface area contributed by atoms with Crippen molar-refractivity contribution in [2.45, 2.75) is 46.4 Å². The molecule has 6 rings (SSSR count). The zero-order valence-corrected chi connectivity index (χ0v) is 30.0. The van der Waals surface area contributed by atoms with Crippen LogP contribution in [-0.2, 0) is 16.1 Å². The molecule has 48 heavy (non-hydrogen) atoms. The summed E-state index contributed by atoms with van der Waals surface area (Å²) in [6, 6.07) is 13.7. The van der Waals surface area contributed by atoms with Crippen LogP contribution in [-0.4, -0.2) is 37.1 Å². The van der Waals surface area contributed by atoms with Crippen LogP contribution in [0, 0.1) is 0 Å². The van der Waals surface area contributed by atoms with Crippen LogP contribution in [0.4, 0.5) is 0 Å². The van der Waals surface area contributed by atoms with Gasteiger partial charge in [0.1, 0.15) is 6.61 Å². The predicted molar refractivity (Wildman–Crippen MR) is 185 cm³/mol. The van der Waals surface area contributed by atoms with Crippen LogP contribution in [0.25, 0.3) is 6.08 Å². The zero-order chi connectivity index (χ0) is 34.1. The van der Waals surface area contributed by atoms with Crippen LogP contribution in [0.2, 0.25) is 5.02 Å². The highest BCUT2D eigenvalue weighted by atomic mass is 79.9. The van der Waals surface area contributed by atoms with Gasteiger partial charge in [-0.25, -0.2) is 9.79 Å². The van der Waals surface area contributed by atoms with Gasteiger partial charge < -0.3 is 28.4 Å². The lowest BCUT2D eigenvalue weighted by Crippen LogP contribution is -2.40. The summed E-state index contributed by atoms with van der Waals surface area (Å²) in [5.41, 5.74) is 2.60. The number of halogens is 2. The summed E-state index contributed by atoms with van der Waals surface area (Å²) < 4.78 is 36.4. The average molecular weight is 756 g/mol. The Morgan fingerprint density at radius 3 is 2.67 bits per heavy atom. The van der Waals surface area contributed by atoms with Crippen LogP contribution in [0.1, 0.15) is 50.4 Å². The topological polar surface area (TPSA) is 107 Å². The number of aromatic nitrogens is 1. The Hall–Kier alpha value is -4.26. The van der Waals surface area contributed by atoms with Crippen molar-refractivity contribution in [1.82, 2.24) is 4.57 Å². The maximum atomic E-state index is 14.1. The number of fused-ring (bicyclic) bond motifs is 2. The lowest BCUT2D eigenvalue weighted by molar-refractivity contribution is -0.139. The molecule has 3 aromatic carbocycles. The first kappa shape index (κ1) is 33.6. The third-order valence-electron chi connectivity index (χ3n) is 7.52. The number of carbonyl (C=O) groups excluding carboxylic acids is 1. The van der Waals surface area contributed by atoms with E-state index >= 15 is 0 Å². The van der Waals surface area contributed by atoms with E-state index < -0.39 is 12.0 Å². The summed E-state index contributed by atoms with van der Waals surface area (Å²) in [4.78, 5) is 32.6. The second-order valence-corrected chi connectivity index (χ2v) is 13.4. The van der Waals surface area contributed by atoms with E-state index in [0.29, 0.717) is 64.4 Å². The first-order chi connectivity index (χ1) is 23.1. The number of benzene rings is 3. The molecule has 3 heterocycles. The van der Waals surface area contributed by atoms with Crippen molar-refractivity contribution >= 4 is 50.9 Å². The standard InChI is InChI=1S/C35H32BrClN2O8S/c1-6-43-34(41)30-19(4)38-35-39(31(30)22-8-10-26(47-18(2)3)27(15-22)42-5)33(40)29(48-35)14-21-11-23(36)32(24(37)12-21)44-16-20-7-9-25-28(13-20)46-17-45-25/h7-15,18,31H,6,16-17H2,1-5H3/b29-14-/t31-/m0/s1. The molecule has 13 heteroatoms. The molecule has 250 valence electrons. The Kier molecular flexibility index (Phi) is 9.86. The third-order valence-corrected chi connectivity index (χ3v) is 9.37. The normalized spacial score (nSPS) is 15.3. The van der Waals surface area contributed by atoms with Gasteiger partial charge >= 0.3 is 5.97 Å². The van der Waals surface area contributed by atoms with Gasteiger partial charge in [0.05, 0.1) is 51.2 Å². The summed E-state index contributed by atoms with van der Waals surface area (Å²) in [7, 11) is 1.54. The fourth-order valence-corrected chi connectivity index (χ4v) is 7.49. The zero-order valence-electron chi connectivity index (χ0n) is 26.8. The number of methoxy groups -OCH3 is 1. The second kappa shape index (κ2) is 14.1. The molecule has 1 aromatic heterocycles. The number of rotatable bonds is 10. The first-order valence-corrected chi connectivity index (χ1v) is 17.1. The number of carbonyl (C=O) groups is 1. The van der Waals surface area contributed by atoms with E-state index in [1.807, 2.05) is 44.2 Å². The molecular weight excluding hydrogens is 724 g/mol. The number of allylic oxidation sites excluding steroid dienone is 1. The molecular formula is C35H32BrClN2O8S. The smallest absolute Gasteiger partial charge is 0.338 e. The quantitative estimate of drug-likeness (QED) is 0.173. The van der Waals surface area contributed by atoms with Crippen LogP contribution in [0.3, 0.4) is 0 Å². The van der Waals surface area contributed by atoms with Gasteiger partial charge in [0.25, 0.3) is 5.56 Å². The van der Waals surface area contributed by atoms with Crippen molar-refractivity contribution in [1.29, 1.82) is 0 Å². The van der Waals surface area contributed by atoms with E-state index in [1.54, 1.807) is 45.2 Å². The number of hydrogen-bond acceptors (Lipinski definition) is 10. The molecule has 0 saturated heterocycles. The minimum atomic E-state index is -0.813. The van der Waals surface area contributed by atoms with Crippen LogP contribution >= 0.6 is 38.9 Å². The number of nitrogens with zero attached hydrogens (tertiary/aromatic N) is 2. The molecule has 2 aliphatic rings. The lowest BCUT2D eigenvalue weighted by atomic mass is 9.95. The minimum absolute atomic E-state index is 0.0797. The van der Waals surface area contributed by atoms with E-state index in [2.05, 4.69) is 20.9 Å². The molecule has 10 nitrogen and oxygen atoms in total. The molecule has 2 aliphatic heterocycles. The van der Waals surface area contributed by atoms with E-state index in [-0.39, 0.29) is 37.2 Å². The summed E-state index contributed by atoms with van der Waals surface area (Å²) in [5.74, 6) is 2.30. The van der Waals surface area contributed by atoms with Crippen LogP contribution in [0.15, 0.2) is 74.1 Å². The van der Waals surface area contributed by atoms with Crippen molar-refractivity contribution in [2.24, 2.45) is 4.99 Å². The fourth-order valence-electron chi connectivity index (χ4n) is 5.45. The van der Waals surface area contributed by atoms with Crippen molar-refractivity contribution < 1.29 is 33.2 Å². The first-order valence-electron chi connectivity index (χ1n) is 15.1. The Morgan fingerprint density at radius 2 is 1.94 bits per heavy atom. The number of ether oxygens (including phenoxy) is 6. The molecule has 0 radical (unpaired) electrons. The Balaban J connectivity index is 1.37. The highest BCUT2D eigenvalue weighted by Crippen LogP contribution is 2.38. The van der Waals surface area contributed by atoms with Crippen molar-refractivity contribution in [3.05, 3.63) is 106 Å². The molecule has 0 unspecified atom stereocenters. The van der Waals surface area contributed by atoms with Crippen molar-refractivity contribution in [3.63, 3.8) is 0 Å².